The predicted octanol–water partition coefficient (Wildman–Crippen LogP) is 7.38. The van der Waals surface area contributed by atoms with Gasteiger partial charge in [0.1, 0.15) is 17.0 Å². The van der Waals surface area contributed by atoms with Crippen molar-refractivity contribution in [3.63, 3.8) is 0 Å². The van der Waals surface area contributed by atoms with E-state index in [2.05, 4.69) is 44.0 Å². The smallest absolute Gasteiger partial charge is 0.147 e. The number of hydrogen-bond donors (Lipinski definition) is 0. The lowest BCUT2D eigenvalue weighted by Crippen LogP contribution is -1.92. The van der Waals surface area contributed by atoms with Gasteiger partial charge in [-0.1, -0.05) is 35.9 Å². The molecule has 0 bridgehead atoms. The summed E-state index contributed by atoms with van der Waals surface area (Å²) >= 11 is 0. The predicted molar refractivity (Wildman–Crippen MR) is 117 cm³/mol. The van der Waals surface area contributed by atoms with E-state index in [1.165, 1.54) is 28.3 Å². The molecule has 0 unspecified atom stereocenters. The van der Waals surface area contributed by atoms with Crippen LogP contribution in [0.2, 0.25) is 0 Å². The zero-order valence-electron chi connectivity index (χ0n) is 16.6. The quantitative estimate of drug-likeness (QED) is 0.319. The molecule has 2 aromatic heterocycles. The lowest BCUT2D eigenvalue weighted by Gasteiger charge is -2.13. The number of aromatic nitrogens is 1. The average molecular weight is 381 g/mol. The van der Waals surface area contributed by atoms with Gasteiger partial charge in [0.05, 0.1) is 11.1 Å². The Bertz CT molecular complexity index is 1370. The Morgan fingerprint density at radius 3 is 2.41 bits per heavy atom. The van der Waals surface area contributed by atoms with Crippen molar-refractivity contribution < 1.29 is 8.81 Å². The summed E-state index contributed by atoms with van der Waals surface area (Å²) in [6, 6.07) is 19.2. The van der Waals surface area contributed by atoms with Crippen LogP contribution in [0.4, 0.5) is 4.39 Å². The Balaban J connectivity index is 1.75. The molecule has 2 nitrogen and oxygen atoms in total. The molecule has 2 heterocycles. The number of rotatable bonds is 2. The molecule has 0 aliphatic carbocycles. The maximum atomic E-state index is 14.7. The molecule has 0 atom stereocenters. The zero-order chi connectivity index (χ0) is 20.1. The van der Waals surface area contributed by atoms with Crippen molar-refractivity contribution in [1.29, 1.82) is 0 Å². The summed E-state index contributed by atoms with van der Waals surface area (Å²) in [5.41, 5.74) is 8.79. The molecule has 0 saturated heterocycles. The van der Waals surface area contributed by atoms with Crippen molar-refractivity contribution in [2.45, 2.75) is 20.8 Å². The molecular weight excluding hydrogens is 361 g/mol. The van der Waals surface area contributed by atoms with Crippen LogP contribution in [-0.2, 0) is 0 Å². The van der Waals surface area contributed by atoms with Crippen LogP contribution >= 0.6 is 0 Å². The Morgan fingerprint density at radius 1 is 0.862 bits per heavy atom. The lowest BCUT2D eigenvalue weighted by molar-refractivity contribution is 0.634. The molecule has 0 saturated carbocycles. The molecule has 3 heteroatoms. The number of fused-ring (bicyclic) bond motifs is 3. The summed E-state index contributed by atoms with van der Waals surface area (Å²) in [5.74, 6) is -0.282. The summed E-state index contributed by atoms with van der Waals surface area (Å²) in [5, 5.41) is 1.29. The molecule has 0 spiro atoms. The number of hydrogen-bond acceptors (Lipinski definition) is 2. The van der Waals surface area contributed by atoms with Gasteiger partial charge in [-0.25, -0.2) is 4.39 Å². The van der Waals surface area contributed by atoms with Crippen molar-refractivity contribution in [2.24, 2.45) is 0 Å². The van der Waals surface area contributed by atoms with Crippen molar-refractivity contribution in [3.05, 3.63) is 89.4 Å². The second-order valence-electron chi connectivity index (χ2n) is 7.60. The number of nitrogens with zero attached hydrogens (tertiary/aromatic N) is 1. The summed E-state index contributed by atoms with van der Waals surface area (Å²) in [7, 11) is 0. The third-order valence-corrected chi connectivity index (χ3v) is 5.48. The first-order valence-corrected chi connectivity index (χ1v) is 9.67. The molecule has 0 fully saturated rings. The Labute approximate surface area is 168 Å². The molecule has 5 rings (SSSR count). The molecule has 0 radical (unpaired) electrons. The van der Waals surface area contributed by atoms with Gasteiger partial charge in [-0.3, -0.25) is 4.98 Å². The first-order valence-electron chi connectivity index (χ1n) is 9.67. The monoisotopic (exact) mass is 381 g/mol. The summed E-state index contributed by atoms with van der Waals surface area (Å²) in [6.45, 7) is 6.37. The van der Waals surface area contributed by atoms with E-state index in [1.54, 1.807) is 12.3 Å². The van der Waals surface area contributed by atoms with Gasteiger partial charge >= 0.3 is 0 Å². The van der Waals surface area contributed by atoms with Gasteiger partial charge in [0, 0.05) is 17.1 Å². The molecule has 3 aromatic carbocycles. The van der Waals surface area contributed by atoms with E-state index in [0.717, 1.165) is 22.2 Å². The third-order valence-electron chi connectivity index (χ3n) is 5.48. The van der Waals surface area contributed by atoms with E-state index in [4.69, 9.17) is 4.42 Å². The SMILES string of the molecule is Cc1cc(C)c(-c2ccnc(-c3ccc(F)c4c3oc3ccccc34)c2)c(C)c1. The van der Waals surface area contributed by atoms with Crippen LogP contribution in [0.5, 0.6) is 0 Å². The van der Waals surface area contributed by atoms with E-state index in [-0.39, 0.29) is 5.82 Å². The van der Waals surface area contributed by atoms with E-state index in [1.807, 2.05) is 30.3 Å². The molecule has 29 heavy (non-hydrogen) atoms. The van der Waals surface area contributed by atoms with Gasteiger partial charge in [-0.15, -0.1) is 0 Å². The van der Waals surface area contributed by atoms with Crippen molar-refractivity contribution >= 4 is 21.9 Å². The minimum absolute atomic E-state index is 0.282. The van der Waals surface area contributed by atoms with Crippen LogP contribution in [-0.4, -0.2) is 4.98 Å². The van der Waals surface area contributed by atoms with Crippen molar-refractivity contribution in [2.75, 3.05) is 0 Å². The van der Waals surface area contributed by atoms with E-state index in [0.29, 0.717) is 16.6 Å². The van der Waals surface area contributed by atoms with Gasteiger partial charge in [0.15, 0.2) is 0 Å². The van der Waals surface area contributed by atoms with Gasteiger partial charge in [-0.2, -0.15) is 0 Å². The largest absolute Gasteiger partial charge is 0.455 e. The maximum Gasteiger partial charge on any atom is 0.147 e. The normalized spacial score (nSPS) is 11.4. The van der Waals surface area contributed by atoms with E-state index in [9.17, 15) is 4.39 Å². The van der Waals surface area contributed by atoms with Crippen molar-refractivity contribution in [1.82, 2.24) is 4.98 Å². The fraction of sp³-hybridized carbons (Fsp3) is 0.115. The number of para-hydroxylation sites is 1. The molecule has 0 N–H and O–H groups in total. The van der Waals surface area contributed by atoms with Crippen molar-refractivity contribution in [3.8, 4) is 22.4 Å². The minimum Gasteiger partial charge on any atom is -0.455 e. The molecule has 0 aliphatic heterocycles. The summed E-state index contributed by atoms with van der Waals surface area (Å²) in [6.07, 6.45) is 1.81. The standard InChI is InChI=1S/C26H20FNO/c1-15-12-16(2)24(17(3)13-15)18-10-11-28-22(14-18)19-8-9-21(27)25-20-6-4-5-7-23(20)29-26(19)25/h4-14H,1-3H3. The number of aryl methyl sites for hydroxylation is 3. The molecule has 142 valence electrons. The van der Waals surface area contributed by atoms with Crippen LogP contribution in [0, 0.1) is 26.6 Å². The van der Waals surface area contributed by atoms with Gasteiger partial charge in [-0.05, 0) is 73.4 Å². The molecule has 5 aromatic rings. The zero-order valence-corrected chi connectivity index (χ0v) is 16.6. The van der Waals surface area contributed by atoms with Gasteiger partial charge < -0.3 is 4.42 Å². The fourth-order valence-corrected chi connectivity index (χ4v) is 4.36. The lowest BCUT2D eigenvalue weighted by atomic mass is 9.93. The van der Waals surface area contributed by atoms with Crippen LogP contribution in [0.25, 0.3) is 44.3 Å². The second kappa shape index (κ2) is 6.56. The Hall–Kier alpha value is -3.46. The third kappa shape index (κ3) is 2.82. The van der Waals surface area contributed by atoms with Gasteiger partial charge in [0.2, 0.25) is 0 Å². The minimum atomic E-state index is -0.282. The first kappa shape index (κ1) is 17.6. The number of benzene rings is 3. The highest BCUT2D eigenvalue weighted by Crippen LogP contribution is 2.38. The second-order valence-corrected chi connectivity index (χ2v) is 7.60. The molecule has 0 aliphatic rings. The van der Waals surface area contributed by atoms with Crippen LogP contribution in [0.15, 0.2) is 71.3 Å². The van der Waals surface area contributed by atoms with Crippen LogP contribution in [0.3, 0.4) is 0 Å². The van der Waals surface area contributed by atoms with Gasteiger partial charge in [0.25, 0.3) is 0 Å². The van der Waals surface area contributed by atoms with Crippen LogP contribution in [0.1, 0.15) is 16.7 Å². The first-order chi connectivity index (χ1) is 14.0. The number of pyridine rings is 1. The number of halogens is 1. The maximum absolute atomic E-state index is 14.7. The highest BCUT2D eigenvalue weighted by molar-refractivity contribution is 6.09. The topological polar surface area (TPSA) is 26.0 Å². The Morgan fingerprint density at radius 2 is 1.62 bits per heavy atom. The van der Waals surface area contributed by atoms with E-state index >= 15 is 0 Å². The fourth-order valence-electron chi connectivity index (χ4n) is 4.36. The number of furan rings is 1. The Kier molecular flexibility index (Phi) is 3.99. The molecular formula is C26H20FNO. The highest BCUT2D eigenvalue weighted by Gasteiger charge is 2.17. The van der Waals surface area contributed by atoms with Crippen LogP contribution < -0.4 is 0 Å². The van der Waals surface area contributed by atoms with E-state index < -0.39 is 0 Å². The summed E-state index contributed by atoms with van der Waals surface area (Å²) in [4.78, 5) is 4.58. The summed E-state index contributed by atoms with van der Waals surface area (Å²) < 4.78 is 20.7. The molecule has 0 amide bonds. The average Bonchev–Trinajstić information content (AvgIpc) is 3.08. The highest BCUT2D eigenvalue weighted by atomic mass is 19.1.